The minimum absolute atomic E-state index is 0.421. The second-order valence-electron chi connectivity index (χ2n) is 9.45. The van der Waals surface area contributed by atoms with Gasteiger partial charge in [0.2, 0.25) is 0 Å². The van der Waals surface area contributed by atoms with Crippen LogP contribution >= 0.6 is 0 Å². The van der Waals surface area contributed by atoms with Crippen molar-refractivity contribution >= 4 is 11.6 Å². The van der Waals surface area contributed by atoms with Gasteiger partial charge in [0.25, 0.3) is 0 Å². The second-order valence-corrected chi connectivity index (χ2v) is 9.45. The molecule has 160 valence electrons. The van der Waals surface area contributed by atoms with E-state index in [9.17, 15) is 0 Å². The van der Waals surface area contributed by atoms with Crippen LogP contribution < -0.4 is 11.1 Å². The molecule has 8 nitrogen and oxygen atoms in total. The molecule has 0 unspecified atom stereocenters. The van der Waals surface area contributed by atoms with Crippen molar-refractivity contribution in [1.29, 1.82) is 0 Å². The van der Waals surface area contributed by atoms with Gasteiger partial charge in [-0.3, -0.25) is 9.36 Å². The highest BCUT2D eigenvalue weighted by atomic mass is 15.4. The molecule has 0 aromatic carbocycles. The molecule has 3 aliphatic heterocycles. The van der Waals surface area contributed by atoms with Crippen molar-refractivity contribution in [3.05, 3.63) is 29.5 Å². The average molecular weight is 417 g/mol. The molecule has 4 aliphatic rings. The maximum Gasteiger partial charge on any atom is 0.146 e. The van der Waals surface area contributed by atoms with Crippen LogP contribution in [0.2, 0.25) is 0 Å². The van der Waals surface area contributed by atoms with E-state index in [1.807, 2.05) is 12.3 Å². The highest BCUT2D eigenvalue weighted by Gasteiger charge is 2.35. The second kappa shape index (κ2) is 6.56. The molecule has 1 saturated heterocycles. The smallest absolute Gasteiger partial charge is 0.146 e. The predicted molar refractivity (Wildman–Crippen MR) is 120 cm³/mol. The lowest BCUT2D eigenvalue weighted by molar-refractivity contribution is 0.173. The molecule has 3 aromatic rings. The Labute approximate surface area is 181 Å². The molecule has 7 rings (SSSR count). The Morgan fingerprint density at radius 3 is 2.68 bits per heavy atom. The summed E-state index contributed by atoms with van der Waals surface area (Å²) < 4.78 is 4.37. The van der Waals surface area contributed by atoms with Crippen molar-refractivity contribution in [3.8, 4) is 22.6 Å². The molecule has 0 radical (unpaired) electrons. The summed E-state index contributed by atoms with van der Waals surface area (Å²) in [6, 6.07) is 5.56. The molecule has 1 aliphatic carbocycles. The minimum Gasteiger partial charge on any atom is -0.382 e. The SMILES string of the molecule is Nc1cc2n(n1)CCc1c(-c3cnc4c(c3)CCN4)nn(C3CCN(C4CC4)CC3)c1-2. The van der Waals surface area contributed by atoms with Crippen LogP contribution in [0, 0.1) is 0 Å². The molecule has 31 heavy (non-hydrogen) atoms. The van der Waals surface area contributed by atoms with Crippen LogP contribution in [0.25, 0.3) is 22.6 Å². The standard InChI is InChI=1S/C23H28N8/c24-20-12-19-22-18(6-10-30(19)27-20)21(15-11-14-3-7-25-23(14)26-13-15)28-31(22)17-4-8-29(9-5-17)16-1-2-16/h11-13,16-17H,1-10H2,(H2,24,27)(H,25,26). The summed E-state index contributed by atoms with van der Waals surface area (Å²) >= 11 is 0. The van der Waals surface area contributed by atoms with Crippen molar-refractivity contribution in [2.45, 2.75) is 57.2 Å². The molecular formula is C23H28N8. The van der Waals surface area contributed by atoms with Gasteiger partial charge in [0.1, 0.15) is 11.6 Å². The lowest BCUT2D eigenvalue weighted by Gasteiger charge is -2.33. The highest BCUT2D eigenvalue weighted by molar-refractivity contribution is 5.76. The van der Waals surface area contributed by atoms with Crippen LogP contribution in [0.4, 0.5) is 11.6 Å². The highest BCUT2D eigenvalue weighted by Crippen LogP contribution is 2.41. The zero-order valence-electron chi connectivity index (χ0n) is 17.7. The third-order valence-electron chi connectivity index (χ3n) is 7.46. The molecule has 0 spiro atoms. The fourth-order valence-corrected chi connectivity index (χ4v) is 5.73. The fourth-order valence-electron chi connectivity index (χ4n) is 5.73. The van der Waals surface area contributed by atoms with Gasteiger partial charge in [0.05, 0.1) is 23.1 Å². The molecule has 6 heterocycles. The third-order valence-corrected chi connectivity index (χ3v) is 7.46. The molecule has 3 aromatic heterocycles. The van der Waals surface area contributed by atoms with Crippen LogP contribution in [0.1, 0.15) is 42.9 Å². The van der Waals surface area contributed by atoms with Gasteiger partial charge in [-0.05, 0) is 50.2 Å². The predicted octanol–water partition coefficient (Wildman–Crippen LogP) is 2.71. The van der Waals surface area contributed by atoms with Gasteiger partial charge in [-0.2, -0.15) is 10.2 Å². The Morgan fingerprint density at radius 2 is 1.84 bits per heavy atom. The first-order valence-corrected chi connectivity index (χ1v) is 11.7. The normalized spacial score (nSPS) is 20.9. The maximum absolute atomic E-state index is 6.10. The van der Waals surface area contributed by atoms with Crippen LogP contribution in [-0.4, -0.2) is 55.1 Å². The Kier molecular flexibility index (Phi) is 3.76. The number of aromatic nitrogens is 5. The van der Waals surface area contributed by atoms with Crippen LogP contribution in [0.15, 0.2) is 18.3 Å². The van der Waals surface area contributed by atoms with E-state index in [0.717, 1.165) is 67.6 Å². The van der Waals surface area contributed by atoms with Crippen molar-refractivity contribution in [3.63, 3.8) is 0 Å². The van der Waals surface area contributed by atoms with Crippen molar-refractivity contribution in [1.82, 2.24) is 29.4 Å². The zero-order valence-corrected chi connectivity index (χ0v) is 17.7. The first-order chi connectivity index (χ1) is 15.2. The molecule has 0 bridgehead atoms. The number of nitrogens with one attached hydrogen (secondary N) is 1. The summed E-state index contributed by atoms with van der Waals surface area (Å²) in [6.07, 6.45) is 9.01. The Balaban J connectivity index is 1.33. The molecule has 0 atom stereocenters. The number of nitrogens with two attached hydrogens (primary N) is 1. The molecule has 3 N–H and O–H groups in total. The van der Waals surface area contributed by atoms with Gasteiger partial charge in [-0.15, -0.1) is 0 Å². The van der Waals surface area contributed by atoms with Crippen LogP contribution in [0.5, 0.6) is 0 Å². The fraction of sp³-hybridized carbons (Fsp3) is 0.522. The van der Waals surface area contributed by atoms with Crippen molar-refractivity contribution in [2.75, 3.05) is 30.7 Å². The van der Waals surface area contributed by atoms with Crippen LogP contribution in [0.3, 0.4) is 0 Å². The quantitative estimate of drug-likeness (QED) is 0.682. The van der Waals surface area contributed by atoms with Crippen molar-refractivity contribution in [2.24, 2.45) is 0 Å². The maximum atomic E-state index is 6.10. The van der Waals surface area contributed by atoms with E-state index < -0.39 is 0 Å². The van der Waals surface area contributed by atoms with E-state index in [4.69, 9.17) is 10.8 Å². The van der Waals surface area contributed by atoms with Gasteiger partial charge >= 0.3 is 0 Å². The number of fused-ring (bicyclic) bond motifs is 4. The van der Waals surface area contributed by atoms with Gasteiger partial charge in [-0.1, -0.05) is 0 Å². The summed E-state index contributed by atoms with van der Waals surface area (Å²) in [5.41, 5.74) is 13.3. The monoisotopic (exact) mass is 416 g/mol. The number of piperidine rings is 1. The molecule has 8 heteroatoms. The van der Waals surface area contributed by atoms with E-state index in [-0.39, 0.29) is 0 Å². The third kappa shape index (κ3) is 2.81. The molecule has 2 fully saturated rings. The molecular weight excluding hydrogens is 388 g/mol. The number of nitrogen functional groups attached to an aromatic ring is 1. The van der Waals surface area contributed by atoms with Gasteiger partial charge in [0, 0.05) is 55.6 Å². The summed E-state index contributed by atoms with van der Waals surface area (Å²) in [7, 11) is 0. The number of anilines is 2. The summed E-state index contributed by atoms with van der Waals surface area (Å²) in [4.78, 5) is 7.36. The Morgan fingerprint density at radius 1 is 0.968 bits per heavy atom. The lowest BCUT2D eigenvalue weighted by Crippen LogP contribution is -2.36. The number of aryl methyl sites for hydroxylation is 1. The Hall–Kier alpha value is -2.87. The number of hydrogen-bond acceptors (Lipinski definition) is 6. The number of likely N-dealkylation sites (tertiary alicyclic amines) is 1. The van der Waals surface area contributed by atoms with Gasteiger partial charge in [-0.25, -0.2) is 4.98 Å². The first kappa shape index (κ1) is 17.8. The van der Waals surface area contributed by atoms with Crippen LogP contribution in [-0.2, 0) is 19.4 Å². The summed E-state index contributed by atoms with van der Waals surface area (Å²) in [6.45, 7) is 4.16. The number of hydrogen-bond donors (Lipinski definition) is 2. The average Bonchev–Trinajstić information content (AvgIpc) is 3.23. The Bertz CT molecular complexity index is 1160. The molecule has 0 amide bonds. The topological polar surface area (TPSA) is 89.8 Å². The van der Waals surface area contributed by atoms with Gasteiger partial charge in [0.15, 0.2) is 0 Å². The van der Waals surface area contributed by atoms with E-state index >= 15 is 0 Å². The largest absolute Gasteiger partial charge is 0.382 e. The van der Waals surface area contributed by atoms with Crippen molar-refractivity contribution < 1.29 is 0 Å². The zero-order chi connectivity index (χ0) is 20.5. The minimum atomic E-state index is 0.421. The first-order valence-electron chi connectivity index (χ1n) is 11.7. The van der Waals surface area contributed by atoms with Gasteiger partial charge < -0.3 is 16.0 Å². The molecule has 1 saturated carbocycles. The summed E-state index contributed by atoms with van der Waals surface area (Å²) in [5.74, 6) is 1.61. The number of rotatable bonds is 3. The number of pyridine rings is 1. The van der Waals surface area contributed by atoms with E-state index in [2.05, 4.69) is 35.7 Å². The van der Waals surface area contributed by atoms with E-state index in [1.54, 1.807) is 0 Å². The lowest BCUT2D eigenvalue weighted by atomic mass is 9.98. The van der Waals surface area contributed by atoms with E-state index in [1.165, 1.54) is 42.8 Å². The van der Waals surface area contributed by atoms with E-state index in [0.29, 0.717) is 11.9 Å². The summed E-state index contributed by atoms with van der Waals surface area (Å²) in [5, 5.41) is 13.2. The number of nitrogens with zero attached hydrogens (tertiary/aromatic N) is 6.